The van der Waals surface area contributed by atoms with Gasteiger partial charge in [0, 0.05) is 44.0 Å². The minimum atomic E-state index is -0.0306. The predicted octanol–water partition coefficient (Wildman–Crippen LogP) is 3.47. The maximum Gasteiger partial charge on any atom is 0.226 e. The highest BCUT2D eigenvalue weighted by atomic mass is 127. The van der Waals surface area contributed by atoms with E-state index in [0.29, 0.717) is 6.54 Å². The third-order valence-electron chi connectivity index (χ3n) is 4.37. The molecule has 0 aliphatic heterocycles. The zero-order valence-corrected chi connectivity index (χ0v) is 20.3. The second-order valence-corrected chi connectivity index (χ2v) is 7.20. The molecule has 0 unspecified atom stereocenters. The summed E-state index contributed by atoms with van der Waals surface area (Å²) in [5.74, 6) is 0.762. The maximum absolute atomic E-state index is 11.7. The van der Waals surface area contributed by atoms with Crippen molar-refractivity contribution in [3.05, 3.63) is 47.3 Å². The molecule has 0 aliphatic rings. The van der Waals surface area contributed by atoms with Gasteiger partial charge in [0.1, 0.15) is 0 Å². The molecule has 0 aliphatic carbocycles. The summed E-state index contributed by atoms with van der Waals surface area (Å²) in [7, 11) is 1.76. The third kappa shape index (κ3) is 8.43. The van der Waals surface area contributed by atoms with Crippen molar-refractivity contribution in [3.8, 4) is 0 Å². The van der Waals surface area contributed by atoms with Crippen LogP contribution in [-0.2, 0) is 17.9 Å². The molecule has 7 nitrogen and oxygen atoms in total. The lowest BCUT2D eigenvalue weighted by Gasteiger charge is -2.13. The van der Waals surface area contributed by atoms with Crippen molar-refractivity contribution < 1.29 is 4.79 Å². The van der Waals surface area contributed by atoms with Crippen molar-refractivity contribution in [2.45, 2.75) is 47.2 Å². The van der Waals surface area contributed by atoms with Gasteiger partial charge in [0.2, 0.25) is 5.91 Å². The average molecular weight is 512 g/mol. The number of amides is 1. The Labute approximate surface area is 190 Å². The van der Waals surface area contributed by atoms with Crippen molar-refractivity contribution in [1.29, 1.82) is 0 Å². The van der Waals surface area contributed by atoms with Crippen molar-refractivity contribution in [2.75, 3.05) is 18.9 Å². The third-order valence-corrected chi connectivity index (χ3v) is 4.37. The Kier molecular flexibility index (Phi) is 10.7. The Morgan fingerprint density at radius 3 is 2.41 bits per heavy atom. The van der Waals surface area contributed by atoms with Crippen LogP contribution in [-0.4, -0.2) is 35.2 Å². The van der Waals surface area contributed by atoms with Crippen LogP contribution in [0.3, 0.4) is 0 Å². The van der Waals surface area contributed by atoms with Crippen molar-refractivity contribution in [1.82, 2.24) is 20.4 Å². The molecule has 1 aromatic heterocycles. The molecule has 0 radical (unpaired) electrons. The number of rotatable bonds is 8. The number of guanidine groups is 1. The molecule has 0 atom stereocenters. The molecule has 0 fully saturated rings. The average Bonchev–Trinajstić information content (AvgIpc) is 2.99. The summed E-state index contributed by atoms with van der Waals surface area (Å²) in [6, 6.07) is 9.93. The first-order valence-corrected chi connectivity index (χ1v) is 9.74. The number of aryl methyl sites for hydroxylation is 3. The Morgan fingerprint density at radius 2 is 1.86 bits per heavy atom. The lowest BCUT2D eigenvalue weighted by Crippen LogP contribution is -2.37. The van der Waals surface area contributed by atoms with Crippen LogP contribution < -0.4 is 16.0 Å². The number of aliphatic imine (C=N–C) groups is 1. The summed E-state index contributed by atoms with van der Waals surface area (Å²) in [5.41, 5.74) is 4.17. The van der Waals surface area contributed by atoms with E-state index in [1.807, 2.05) is 49.7 Å². The number of carbonyl (C=O) groups is 1. The standard InChI is InChI=1S/C21H32N6O.HI/c1-15(2)20(28)25-19-9-7-18(8-10-19)14-24-21(22-5)23-11-6-12-27-17(4)13-16(3)26-27;/h7-10,13,15H,6,11-12,14H2,1-5H3,(H,25,28)(H2,22,23,24);1H. The highest BCUT2D eigenvalue weighted by Crippen LogP contribution is 2.11. The number of anilines is 1. The molecular weight excluding hydrogens is 479 g/mol. The molecule has 1 aromatic carbocycles. The van der Waals surface area contributed by atoms with Crippen molar-refractivity contribution in [2.24, 2.45) is 10.9 Å². The zero-order chi connectivity index (χ0) is 20.5. The fourth-order valence-corrected chi connectivity index (χ4v) is 2.74. The number of carbonyl (C=O) groups excluding carboxylic acids is 1. The lowest BCUT2D eigenvalue weighted by atomic mass is 10.1. The van der Waals surface area contributed by atoms with Crippen LogP contribution >= 0.6 is 24.0 Å². The van der Waals surface area contributed by atoms with Gasteiger partial charge in [0.25, 0.3) is 0 Å². The fourth-order valence-electron chi connectivity index (χ4n) is 2.74. The van der Waals surface area contributed by atoms with E-state index in [4.69, 9.17) is 0 Å². The van der Waals surface area contributed by atoms with Gasteiger partial charge < -0.3 is 16.0 Å². The smallest absolute Gasteiger partial charge is 0.226 e. The Hall–Kier alpha value is -2.10. The molecule has 1 amide bonds. The van der Waals surface area contributed by atoms with Gasteiger partial charge in [-0.15, -0.1) is 24.0 Å². The highest BCUT2D eigenvalue weighted by Gasteiger charge is 2.07. The molecular formula is C21H33IN6O. The number of hydrogen-bond acceptors (Lipinski definition) is 3. The van der Waals surface area contributed by atoms with Gasteiger partial charge in [0.05, 0.1) is 5.69 Å². The first-order chi connectivity index (χ1) is 13.4. The number of benzene rings is 1. The van der Waals surface area contributed by atoms with E-state index in [-0.39, 0.29) is 35.8 Å². The topological polar surface area (TPSA) is 83.3 Å². The minimum Gasteiger partial charge on any atom is -0.356 e. The number of halogens is 1. The van der Waals surface area contributed by atoms with Gasteiger partial charge in [-0.1, -0.05) is 26.0 Å². The van der Waals surface area contributed by atoms with E-state index < -0.39 is 0 Å². The number of aromatic nitrogens is 2. The summed E-state index contributed by atoms with van der Waals surface area (Å²) in [6.07, 6.45) is 0.965. The van der Waals surface area contributed by atoms with E-state index in [0.717, 1.165) is 42.4 Å². The van der Waals surface area contributed by atoms with Crippen molar-refractivity contribution >= 4 is 41.5 Å². The van der Waals surface area contributed by atoms with Crippen LogP contribution in [0.15, 0.2) is 35.3 Å². The van der Waals surface area contributed by atoms with Crippen molar-refractivity contribution in [3.63, 3.8) is 0 Å². The predicted molar refractivity (Wildman–Crippen MR) is 130 cm³/mol. The molecule has 8 heteroatoms. The molecule has 2 aromatic rings. The van der Waals surface area contributed by atoms with E-state index in [2.05, 4.69) is 39.0 Å². The summed E-state index contributed by atoms with van der Waals surface area (Å²) >= 11 is 0. The molecule has 0 saturated heterocycles. The second kappa shape index (κ2) is 12.5. The van der Waals surface area contributed by atoms with Crippen LogP contribution in [0.25, 0.3) is 0 Å². The minimum absolute atomic E-state index is 0. The van der Waals surface area contributed by atoms with E-state index in [1.165, 1.54) is 5.69 Å². The van der Waals surface area contributed by atoms with Crippen LogP contribution in [0, 0.1) is 19.8 Å². The van der Waals surface area contributed by atoms with Crippen LogP contribution in [0.2, 0.25) is 0 Å². The SMILES string of the molecule is CN=C(NCCCn1nc(C)cc1C)NCc1ccc(NC(=O)C(C)C)cc1.I. The molecule has 0 bridgehead atoms. The van der Waals surface area contributed by atoms with E-state index >= 15 is 0 Å². The van der Waals surface area contributed by atoms with Gasteiger partial charge in [0.15, 0.2) is 5.96 Å². The van der Waals surface area contributed by atoms with E-state index in [1.54, 1.807) is 7.05 Å². The molecule has 0 saturated carbocycles. The first-order valence-electron chi connectivity index (χ1n) is 9.74. The van der Waals surface area contributed by atoms with Gasteiger partial charge in [-0.3, -0.25) is 14.5 Å². The molecule has 0 spiro atoms. The number of nitrogens with zero attached hydrogens (tertiary/aromatic N) is 3. The van der Waals surface area contributed by atoms with Gasteiger partial charge in [-0.05, 0) is 44.0 Å². The maximum atomic E-state index is 11.7. The largest absolute Gasteiger partial charge is 0.356 e. The molecule has 29 heavy (non-hydrogen) atoms. The van der Waals surface area contributed by atoms with Gasteiger partial charge >= 0.3 is 0 Å². The van der Waals surface area contributed by atoms with Gasteiger partial charge in [-0.2, -0.15) is 5.10 Å². The summed E-state index contributed by atoms with van der Waals surface area (Å²) < 4.78 is 2.03. The summed E-state index contributed by atoms with van der Waals surface area (Å²) in [5, 5.41) is 14.0. The van der Waals surface area contributed by atoms with Gasteiger partial charge in [-0.25, -0.2) is 0 Å². The van der Waals surface area contributed by atoms with Crippen LogP contribution in [0.4, 0.5) is 5.69 Å². The Balaban J connectivity index is 0.00000420. The lowest BCUT2D eigenvalue weighted by molar-refractivity contribution is -0.118. The summed E-state index contributed by atoms with van der Waals surface area (Å²) in [4.78, 5) is 16.0. The Morgan fingerprint density at radius 1 is 1.17 bits per heavy atom. The molecule has 1 heterocycles. The molecule has 160 valence electrons. The summed E-state index contributed by atoms with van der Waals surface area (Å²) in [6.45, 7) is 10.2. The normalized spacial score (nSPS) is 11.2. The highest BCUT2D eigenvalue weighted by molar-refractivity contribution is 14.0. The quantitative estimate of drug-likeness (QED) is 0.219. The Bertz CT molecular complexity index is 798. The molecule has 2 rings (SSSR count). The second-order valence-electron chi connectivity index (χ2n) is 7.20. The first kappa shape index (κ1) is 24.9. The van der Waals surface area contributed by atoms with Crippen LogP contribution in [0.5, 0.6) is 0 Å². The fraction of sp³-hybridized carbons (Fsp3) is 0.476. The monoisotopic (exact) mass is 512 g/mol. The molecule has 3 N–H and O–H groups in total. The zero-order valence-electron chi connectivity index (χ0n) is 18.0. The number of hydrogen-bond donors (Lipinski definition) is 3. The van der Waals surface area contributed by atoms with E-state index in [9.17, 15) is 4.79 Å². The van der Waals surface area contributed by atoms with Crippen LogP contribution in [0.1, 0.15) is 37.2 Å². The number of nitrogens with one attached hydrogen (secondary N) is 3.